The van der Waals surface area contributed by atoms with Gasteiger partial charge in [0.15, 0.2) is 5.69 Å². The minimum atomic E-state index is -0.0300. The van der Waals surface area contributed by atoms with Crippen LogP contribution in [-0.2, 0) is 0 Å². The third-order valence-electron chi connectivity index (χ3n) is 5.16. The van der Waals surface area contributed by atoms with Crippen LogP contribution in [0.2, 0.25) is 0 Å². The molecule has 2 unspecified atom stereocenters. The van der Waals surface area contributed by atoms with Crippen molar-refractivity contribution in [3.63, 3.8) is 0 Å². The molecule has 2 aliphatic rings. The predicted octanol–water partition coefficient (Wildman–Crippen LogP) is 1.46. The zero-order valence-corrected chi connectivity index (χ0v) is 16.3. The monoisotopic (exact) mass is 395 g/mol. The Kier molecular flexibility index (Phi) is 6.05. The second-order valence-electron chi connectivity index (χ2n) is 7.14. The molecule has 4 N–H and O–H groups in total. The lowest BCUT2D eigenvalue weighted by atomic mass is 10.0. The Bertz CT molecular complexity index is 862. The normalized spacial score (nSPS) is 22.1. The van der Waals surface area contributed by atoms with Crippen molar-refractivity contribution in [2.75, 3.05) is 25.5 Å². The summed E-state index contributed by atoms with van der Waals surface area (Å²) in [6.45, 7) is 1.99. The van der Waals surface area contributed by atoms with Crippen molar-refractivity contribution in [3.8, 4) is 17.6 Å². The van der Waals surface area contributed by atoms with Crippen LogP contribution in [0.4, 0.5) is 5.82 Å². The summed E-state index contributed by atoms with van der Waals surface area (Å²) >= 11 is 0. The van der Waals surface area contributed by atoms with Gasteiger partial charge in [0.25, 0.3) is 0 Å². The fraction of sp³-hybridized carbons (Fsp3) is 0.450. The van der Waals surface area contributed by atoms with E-state index in [2.05, 4.69) is 37.5 Å². The molecule has 2 saturated heterocycles. The van der Waals surface area contributed by atoms with E-state index in [9.17, 15) is 0 Å². The molecule has 0 aliphatic carbocycles. The summed E-state index contributed by atoms with van der Waals surface area (Å²) in [5, 5.41) is 15.4. The maximum absolute atomic E-state index is 8.82. The SMILES string of the molecule is COc1cc(OC2CCNCC2)ccc1C1CC(Nc2cnc(C#N)cn2)NN1. The van der Waals surface area contributed by atoms with Crippen LogP contribution in [0.15, 0.2) is 30.6 Å². The van der Waals surface area contributed by atoms with E-state index in [1.807, 2.05) is 18.2 Å². The summed E-state index contributed by atoms with van der Waals surface area (Å²) < 4.78 is 11.8. The van der Waals surface area contributed by atoms with Gasteiger partial charge >= 0.3 is 0 Å². The molecule has 0 spiro atoms. The van der Waals surface area contributed by atoms with Gasteiger partial charge in [-0.3, -0.25) is 0 Å². The summed E-state index contributed by atoms with van der Waals surface area (Å²) in [6.07, 6.45) is 6.05. The Hall–Kier alpha value is -2.93. The number of piperidine rings is 1. The van der Waals surface area contributed by atoms with E-state index in [-0.39, 0.29) is 18.3 Å². The molecule has 1 aromatic carbocycles. The minimum Gasteiger partial charge on any atom is -0.496 e. The van der Waals surface area contributed by atoms with Crippen molar-refractivity contribution in [1.29, 1.82) is 5.26 Å². The molecule has 0 saturated carbocycles. The highest BCUT2D eigenvalue weighted by atomic mass is 16.5. The molecule has 2 atom stereocenters. The van der Waals surface area contributed by atoms with E-state index in [1.54, 1.807) is 13.3 Å². The smallest absolute Gasteiger partial charge is 0.158 e. The average molecular weight is 395 g/mol. The number of anilines is 1. The minimum absolute atomic E-state index is 0.0300. The van der Waals surface area contributed by atoms with Crippen molar-refractivity contribution in [3.05, 3.63) is 41.9 Å². The zero-order chi connectivity index (χ0) is 20.1. The van der Waals surface area contributed by atoms with Crippen molar-refractivity contribution < 1.29 is 9.47 Å². The molecule has 1 aromatic heterocycles. The second kappa shape index (κ2) is 9.05. The third-order valence-corrected chi connectivity index (χ3v) is 5.16. The summed E-state index contributed by atoms with van der Waals surface area (Å²) in [5.74, 6) is 2.25. The largest absolute Gasteiger partial charge is 0.496 e. The first-order chi connectivity index (χ1) is 14.2. The Morgan fingerprint density at radius 1 is 1.17 bits per heavy atom. The molecule has 152 valence electrons. The summed E-state index contributed by atoms with van der Waals surface area (Å²) in [6, 6.07) is 8.06. The molecule has 4 rings (SSSR count). The van der Waals surface area contributed by atoms with E-state index in [4.69, 9.17) is 14.7 Å². The van der Waals surface area contributed by atoms with Crippen LogP contribution in [0.3, 0.4) is 0 Å². The molecule has 0 amide bonds. The van der Waals surface area contributed by atoms with Crippen molar-refractivity contribution in [1.82, 2.24) is 26.1 Å². The van der Waals surface area contributed by atoms with Gasteiger partial charge in [0.05, 0.1) is 31.7 Å². The molecule has 0 bridgehead atoms. The number of methoxy groups -OCH3 is 1. The number of rotatable bonds is 6. The van der Waals surface area contributed by atoms with Gasteiger partial charge in [-0.05, 0) is 32.0 Å². The highest BCUT2D eigenvalue weighted by Gasteiger charge is 2.28. The lowest BCUT2D eigenvalue weighted by Crippen LogP contribution is -2.36. The van der Waals surface area contributed by atoms with Gasteiger partial charge in [0, 0.05) is 18.1 Å². The van der Waals surface area contributed by atoms with Gasteiger partial charge in [-0.2, -0.15) is 5.26 Å². The first-order valence-corrected chi connectivity index (χ1v) is 9.80. The number of nitrogens with zero attached hydrogens (tertiary/aromatic N) is 3. The predicted molar refractivity (Wildman–Crippen MR) is 107 cm³/mol. The van der Waals surface area contributed by atoms with Gasteiger partial charge in [0.2, 0.25) is 0 Å². The Balaban J connectivity index is 1.39. The lowest BCUT2D eigenvalue weighted by Gasteiger charge is -2.24. The van der Waals surface area contributed by atoms with Crippen LogP contribution in [-0.4, -0.2) is 42.4 Å². The molecule has 2 aliphatic heterocycles. The number of hydrogen-bond acceptors (Lipinski definition) is 9. The average Bonchev–Trinajstić information content (AvgIpc) is 3.23. The second-order valence-corrected chi connectivity index (χ2v) is 7.14. The third kappa shape index (κ3) is 4.74. The standard InChI is InChI=1S/C20H25N7O2/c1-28-18-8-15(29-14-4-6-22-7-5-14)2-3-16(18)17-9-19(27-26-17)25-20-12-23-13(10-21)11-24-20/h2-3,8,11-12,14,17,19,22,26-27H,4-7,9H2,1H3,(H,24,25). The van der Waals surface area contributed by atoms with E-state index >= 15 is 0 Å². The van der Waals surface area contributed by atoms with Crippen LogP contribution >= 0.6 is 0 Å². The molecule has 29 heavy (non-hydrogen) atoms. The number of ether oxygens (including phenoxy) is 2. The number of benzene rings is 1. The van der Waals surface area contributed by atoms with Crippen LogP contribution in [0.25, 0.3) is 0 Å². The summed E-state index contributed by atoms with van der Waals surface area (Å²) in [7, 11) is 1.68. The zero-order valence-electron chi connectivity index (χ0n) is 16.3. The molecular weight excluding hydrogens is 370 g/mol. The first-order valence-electron chi connectivity index (χ1n) is 9.80. The Labute approximate surface area is 169 Å². The quantitative estimate of drug-likeness (QED) is 0.577. The van der Waals surface area contributed by atoms with Gasteiger partial charge < -0.3 is 20.1 Å². The molecule has 9 heteroatoms. The number of hydrogen-bond donors (Lipinski definition) is 4. The van der Waals surface area contributed by atoms with Crippen molar-refractivity contribution in [2.45, 2.75) is 37.6 Å². The highest BCUT2D eigenvalue weighted by Crippen LogP contribution is 2.34. The number of aromatic nitrogens is 2. The molecule has 3 heterocycles. The van der Waals surface area contributed by atoms with Gasteiger partial charge in [-0.25, -0.2) is 20.8 Å². The van der Waals surface area contributed by atoms with E-state index in [0.29, 0.717) is 11.5 Å². The van der Waals surface area contributed by atoms with Gasteiger partial charge in [0.1, 0.15) is 29.5 Å². The summed E-state index contributed by atoms with van der Waals surface area (Å²) in [5.41, 5.74) is 7.88. The van der Waals surface area contributed by atoms with Crippen molar-refractivity contribution in [2.24, 2.45) is 0 Å². The van der Waals surface area contributed by atoms with Gasteiger partial charge in [-0.15, -0.1) is 0 Å². The molecule has 2 fully saturated rings. The first kappa shape index (κ1) is 19.4. The Morgan fingerprint density at radius 2 is 2.03 bits per heavy atom. The lowest BCUT2D eigenvalue weighted by molar-refractivity contribution is 0.162. The molecular formula is C20H25N7O2. The maximum Gasteiger partial charge on any atom is 0.158 e. The molecule has 9 nitrogen and oxygen atoms in total. The highest BCUT2D eigenvalue weighted by molar-refractivity contribution is 5.43. The summed E-state index contributed by atoms with van der Waals surface area (Å²) in [4.78, 5) is 8.23. The van der Waals surface area contributed by atoms with E-state index in [1.165, 1.54) is 6.20 Å². The fourth-order valence-corrected chi connectivity index (χ4v) is 3.65. The van der Waals surface area contributed by atoms with Crippen LogP contribution in [0, 0.1) is 11.3 Å². The topological polar surface area (TPSA) is 116 Å². The van der Waals surface area contributed by atoms with Crippen LogP contribution in [0.5, 0.6) is 11.5 Å². The number of nitriles is 1. The fourth-order valence-electron chi connectivity index (χ4n) is 3.65. The number of nitrogens with one attached hydrogen (secondary N) is 4. The molecule has 2 aromatic rings. The van der Waals surface area contributed by atoms with E-state index in [0.717, 1.165) is 49.4 Å². The number of hydrazine groups is 1. The van der Waals surface area contributed by atoms with Crippen LogP contribution < -0.4 is 31.0 Å². The van der Waals surface area contributed by atoms with Crippen molar-refractivity contribution >= 4 is 5.82 Å². The molecule has 0 radical (unpaired) electrons. The van der Waals surface area contributed by atoms with Gasteiger partial charge in [-0.1, -0.05) is 6.07 Å². The van der Waals surface area contributed by atoms with E-state index < -0.39 is 0 Å². The van der Waals surface area contributed by atoms with Crippen LogP contribution in [0.1, 0.15) is 36.6 Å². The Morgan fingerprint density at radius 3 is 2.76 bits per heavy atom. The maximum atomic E-state index is 8.82.